The molecule has 5 heteroatoms. The Morgan fingerprint density at radius 3 is 2.73 bits per heavy atom. The normalized spacial score (nSPS) is 15.3. The van der Waals surface area contributed by atoms with Crippen molar-refractivity contribution in [3.8, 4) is 0 Å². The maximum Gasteiger partial charge on any atom is 0.194 e. The van der Waals surface area contributed by atoms with Crippen LogP contribution in [-0.4, -0.2) is 75.8 Å². The van der Waals surface area contributed by atoms with Gasteiger partial charge in [-0.05, 0) is 44.5 Å². The molecule has 1 aromatic carbocycles. The average Bonchev–Trinajstić information content (AvgIpc) is 2.69. The highest BCUT2D eigenvalue weighted by Gasteiger charge is 2.15. The lowest BCUT2D eigenvalue weighted by atomic mass is 10.00. The Morgan fingerprint density at radius 2 is 2.08 bits per heavy atom. The Kier molecular flexibility index (Phi) is 9.21. The second-order valence-electron chi connectivity index (χ2n) is 6.68. The van der Waals surface area contributed by atoms with Crippen LogP contribution < -0.4 is 5.32 Å². The minimum absolute atomic E-state index is 0.784. The minimum Gasteiger partial charge on any atom is -0.383 e. The molecule has 144 valence electrons. The summed E-state index contributed by atoms with van der Waals surface area (Å²) >= 11 is 0. The van der Waals surface area contributed by atoms with Gasteiger partial charge < -0.3 is 19.9 Å². The summed E-state index contributed by atoms with van der Waals surface area (Å²) in [5, 5.41) is 3.44. The summed E-state index contributed by atoms with van der Waals surface area (Å²) in [5.74, 6) is 1.04. The Labute approximate surface area is 158 Å². The molecule has 1 aliphatic rings. The van der Waals surface area contributed by atoms with Crippen molar-refractivity contribution in [2.75, 3.05) is 60.0 Å². The molecule has 1 N–H and O–H groups in total. The zero-order valence-electron chi connectivity index (χ0n) is 16.6. The molecule has 5 nitrogen and oxygen atoms in total. The second-order valence-corrected chi connectivity index (χ2v) is 6.68. The highest BCUT2D eigenvalue weighted by atomic mass is 16.5. The van der Waals surface area contributed by atoms with E-state index < -0.39 is 0 Å². The molecule has 2 rings (SSSR count). The number of rotatable bonds is 9. The minimum atomic E-state index is 0.784. The first-order valence-corrected chi connectivity index (χ1v) is 9.69. The molecule has 0 aliphatic carbocycles. The molecule has 0 amide bonds. The maximum atomic E-state index is 5.12. The van der Waals surface area contributed by atoms with Gasteiger partial charge in [-0.2, -0.15) is 0 Å². The van der Waals surface area contributed by atoms with Gasteiger partial charge in [0.15, 0.2) is 5.96 Å². The molecule has 0 bridgehead atoms. The van der Waals surface area contributed by atoms with E-state index in [1.807, 2.05) is 0 Å². The molecule has 0 atom stereocenters. The fourth-order valence-corrected chi connectivity index (χ4v) is 3.09. The third kappa shape index (κ3) is 6.81. The molecular formula is C21H34N4O. The van der Waals surface area contributed by atoms with Crippen molar-refractivity contribution >= 4 is 11.5 Å². The van der Waals surface area contributed by atoms with Gasteiger partial charge in [0.1, 0.15) is 0 Å². The SMILES string of the molecule is CCNC(=NCCCN(C)CCOC)N1CC=C(c2ccccc2)CC1. The molecule has 0 saturated carbocycles. The predicted molar refractivity (Wildman–Crippen MR) is 111 cm³/mol. The molecule has 0 radical (unpaired) electrons. The number of likely N-dealkylation sites (N-methyl/N-ethyl adjacent to an activating group) is 1. The first-order valence-electron chi connectivity index (χ1n) is 9.69. The van der Waals surface area contributed by atoms with Crippen LogP contribution in [0.15, 0.2) is 41.4 Å². The number of hydrogen-bond acceptors (Lipinski definition) is 3. The molecule has 1 aliphatic heterocycles. The van der Waals surface area contributed by atoms with E-state index in [1.54, 1.807) is 7.11 Å². The summed E-state index contributed by atoms with van der Waals surface area (Å²) in [7, 11) is 3.88. The largest absolute Gasteiger partial charge is 0.383 e. The van der Waals surface area contributed by atoms with Gasteiger partial charge in [-0.15, -0.1) is 0 Å². The van der Waals surface area contributed by atoms with Gasteiger partial charge in [-0.1, -0.05) is 36.4 Å². The van der Waals surface area contributed by atoms with E-state index in [1.165, 1.54) is 11.1 Å². The summed E-state index contributed by atoms with van der Waals surface area (Å²) in [6.07, 6.45) is 4.46. The average molecular weight is 359 g/mol. The van der Waals surface area contributed by atoms with Gasteiger partial charge in [0.25, 0.3) is 0 Å². The van der Waals surface area contributed by atoms with Crippen molar-refractivity contribution in [1.82, 2.24) is 15.1 Å². The maximum absolute atomic E-state index is 5.12. The summed E-state index contributed by atoms with van der Waals surface area (Å²) in [4.78, 5) is 9.48. The highest BCUT2D eigenvalue weighted by molar-refractivity contribution is 5.81. The van der Waals surface area contributed by atoms with Gasteiger partial charge in [0.05, 0.1) is 6.61 Å². The summed E-state index contributed by atoms with van der Waals surface area (Å²) in [5.41, 5.74) is 2.78. The van der Waals surface area contributed by atoms with E-state index >= 15 is 0 Å². The van der Waals surface area contributed by atoms with Crippen molar-refractivity contribution in [3.63, 3.8) is 0 Å². The molecule has 0 saturated heterocycles. The lowest BCUT2D eigenvalue weighted by molar-refractivity contribution is 0.161. The number of nitrogens with zero attached hydrogens (tertiary/aromatic N) is 3. The van der Waals surface area contributed by atoms with Crippen LogP contribution in [0.3, 0.4) is 0 Å². The first kappa shape index (κ1) is 20.5. The van der Waals surface area contributed by atoms with Crippen LogP contribution in [0.25, 0.3) is 5.57 Å². The number of hydrogen-bond donors (Lipinski definition) is 1. The fraction of sp³-hybridized carbons (Fsp3) is 0.571. The molecular weight excluding hydrogens is 324 g/mol. The number of aliphatic imine (C=N–C) groups is 1. The predicted octanol–water partition coefficient (Wildman–Crippen LogP) is 2.71. The number of methoxy groups -OCH3 is 1. The molecule has 0 aromatic heterocycles. The van der Waals surface area contributed by atoms with E-state index in [0.717, 1.165) is 64.7 Å². The van der Waals surface area contributed by atoms with Crippen LogP contribution in [-0.2, 0) is 4.74 Å². The zero-order chi connectivity index (χ0) is 18.6. The standard InChI is InChI=1S/C21H34N4O/c1-4-22-21(23-13-8-14-24(2)17-18-26-3)25-15-11-20(12-16-25)19-9-6-5-7-10-19/h5-7,9-11H,4,8,12-18H2,1-3H3,(H,22,23). The van der Waals surface area contributed by atoms with E-state index in [9.17, 15) is 0 Å². The van der Waals surface area contributed by atoms with Gasteiger partial charge in [0.2, 0.25) is 0 Å². The smallest absolute Gasteiger partial charge is 0.194 e. The van der Waals surface area contributed by atoms with Crippen LogP contribution in [0.5, 0.6) is 0 Å². The number of guanidine groups is 1. The van der Waals surface area contributed by atoms with Crippen LogP contribution in [0.4, 0.5) is 0 Å². The van der Waals surface area contributed by atoms with E-state index in [0.29, 0.717) is 0 Å². The van der Waals surface area contributed by atoms with Crippen molar-refractivity contribution < 1.29 is 4.74 Å². The van der Waals surface area contributed by atoms with E-state index in [2.05, 4.69) is 65.5 Å². The van der Waals surface area contributed by atoms with Crippen molar-refractivity contribution in [3.05, 3.63) is 42.0 Å². The Hall–Kier alpha value is -1.85. The Bertz CT molecular complexity index is 571. The monoisotopic (exact) mass is 358 g/mol. The second kappa shape index (κ2) is 11.7. The molecule has 26 heavy (non-hydrogen) atoms. The van der Waals surface area contributed by atoms with Crippen LogP contribution in [0, 0.1) is 0 Å². The van der Waals surface area contributed by atoms with Gasteiger partial charge in [0, 0.05) is 39.8 Å². The molecule has 0 fully saturated rings. The zero-order valence-corrected chi connectivity index (χ0v) is 16.6. The highest BCUT2D eigenvalue weighted by Crippen LogP contribution is 2.21. The third-order valence-electron chi connectivity index (χ3n) is 4.62. The number of nitrogens with one attached hydrogen (secondary N) is 1. The van der Waals surface area contributed by atoms with Crippen LogP contribution in [0.1, 0.15) is 25.3 Å². The third-order valence-corrected chi connectivity index (χ3v) is 4.62. The Balaban J connectivity index is 1.84. The van der Waals surface area contributed by atoms with Gasteiger partial charge in [-0.3, -0.25) is 4.99 Å². The summed E-state index contributed by atoms with van der Waals surface area (Å²) < 4.78 is 5.12. The number of ether oxygens (including phenoxy) is 1. The topological polar surface area (TPSA) is 40.1 Å². The van der Waals surface area contributed by atoms with Crippen molar-refractivity contribution in [1.29, 1.82) is 0 Å². The van der Waals surface area contributed by atoms with Gasteiger partial charge in [-0.25, -0.2) is 0 Å². The lowest BCUT2D eigenvalue weighted by Crippen LogP contribution is -2.43. The molecule has 1 heterocycles. The van der Waals surface area contributed by atoms with Gasteiger partial charge >= 0.3 is 0 Å². The first-order chi connectivity index (χ1) is 12.7. The molecule has 1 aromatic rings. The summed E-state index contributed by atoms with van der Waals surface area (Å²) in [6, 6.07) is 10.7. The number of benzene rings is 1. The quantitative estimate of drug-likeness (QED) is 0.419. The van der Waals surface area contributed by atoms with Crippen LogP contribution >= 0.6 is 0 Å². The van der Waals surface area contributed by atoms with Crippen molar-refractivity contribution in [2.24, 2.45) is 4.99 Å². The van der Waals surface area contributed by atoms with E-state index in [4.69, 9.17) is 9.73 Å². The van der Waals surface area contributed by atoms with Crippen molar-refractivity contribution in [2.45, 2.75) is 19.8 Å². The fourth-order valence-electron chi connectivity index (χ4n) is 3.09. The Morgan fingerprint density at radius 1 is 1.27 bits per heavy atom. The summed E-state index contributed by atoms with van der Waals surface area (Å²) in [6.45, 7) is 8.62. The molecule has 0 spiro atoms. The lowest BCUT2D eigenvalue weighted by Gasteiger charge is -2.30. The van der Waals surface area contributed by atoms with Crippen LogP contribution in [0.2, 0.25) is 0 Å². The van der Waals surface area contributed by atoms with E-state index in [-0.39, 0.29) is 0 Å². The molecule has 0 unspecified atom stereocenters.